The maximum atomic E-state index is 13.6. The lowest BCUT2D eigenvalue weighted by Crippen LogP contribution is -2.48. The fourth-order valence-electron chi connectivity index (χ4n) is 5.05. The zero-order valence-electron chi connectivity index (χ0n) is 18.3. The first-order valence-corrected chi connectivity index (χ1v) is 11.4. The lowest BCUT2D eigenvalue weighted by atomic mass is 9.92. The monoisotopic (exact) mass is 453 g/mol. The molecule has 0 radical (unpaired) electrons. The van der Waals surface area contributed by atoms with Gasteiger partial charge in [-0.25, -0.2) is 23.4 Å². The van der Waals surface area contributed by atoms with Crippen molar-refractivity contribution in [2.24, 2.45) is 11.8 Å². The van der Waals surface area contributed by atoms with Gasteiger partial charge in [-0.2, -0.15) is 4.98 Å². The van der Waals surface area contributed by atoms with Crippen LogP contribution in [-0.4, -0.2) is 43.9 Å². The van der Waals surface area contributed by atoms with Crippen molar-refractivity contribution in [3.05, 3.63) is 47.9 Å². The summed E-state index contributed by atoms with van der Waals surface area (Å²) in [5.74, 6) is 0.759. The highest BCUT2D eigenvalue weighted by Gasteiger charge is 2.43. The molecule has 8 nitrogen and oxygen atoms in total. The van der Waals surface area contributed by atoms with Crippen molar-refractivity contribution in [2.75, 3.05) is 23.3 Å². The molecule has 0 amide bonds. The summed E-state index contributed by atoms with van der Waals surface area (Å²) in [6.07, 6.45) is 5.91. The minimum Gasteiger partial charge on any atom is -0.424 e. The number of aromatic nitrogens is 5. The average Bonchev–Trinajstić information content (AvgIpc) is 3.53. The number of nitrogens with one attached hydrogen (secondary N) is 1. The van der Waals surface area contributed by atoms with E-state index in [4.69, 9.17) is 4.74 Å². The molecule has 2 saturated carbocycles. The molecule has 33 heavy (non-hydrogen) atoms. The molecule has 3 heterocycles. The van der Waals surface area contributed by atoms with Crippen LogP contribution in [-0.2, 0) is 0 Å². The Morgan fingerprint density at radius 2 is 1.79 bits per heavy atom. The van der Waals surface area contributed by atoms with Gasteiger partial charge in [-0.3, -0.25) is 0 Å². The minimum atomic E-state index is -0.953. The van der Waals surface area contributed by atoms with Crippen molar-refractivity contribution in [1.82, 2.24) is 24.7 Å². The molecule has 6 rings (SSSR count). The van der Waals surface area contributed by atoms with E-state index in [0.29, 0.717) is 23.8 Å². The number of hydrogen-bond donors (Lipinski definition) is 1. The largest absolute Gasteiger partial charge is 0.424 e. The Labute approximate surface area is 190 Å². The molecule has 3 fully saturated rings. The van der Waals surface area contributed by atoms with Gasteiger partial charge in [-0.15, -0.1) is 5.10 Å². The van der Waals surface area contributed by atoms with Crippen molar-refractivity contribution in [2.45, 2.75) is 44.7 Å². The van der Waals surface area contributed by atoms with Gasteiger partial charge in [-0.1, -0.05) is 0 Å². The highest BCUT2D eigenvalue weighted by atomic mass is 19.2. The number of aryl methyl sites for hydroxylation is 1. The first-order chi connectivity index (χ1) is 16.0. The minimum absolute atomic E-state index is 0.197. The summed E-state index contributed by atoms with van der Waals surface area (Å²) in [5.41, 5.74) is 0.968. The first kappa shape index (κ1) is 20.3. The summed E-state index contributed by atoms with van der Waals surface area (Å²) < 4.78 is 34.4. The number of nitrogens with zero attached hydrogens (tertiary/aromatic N) is 6. The predicted molar refractivity (Wildman–Crippen MR) is 117 cm³/mol. The third kappa shape index (κ3) is 3.98. The molecule has 2 aliphatic carbocycles. The zero-order chi connectivity index (χ0) is 22.5. The summed E-state index contributed by atoms with van der Waals surface area (Å²) in [6, 6.07) is 6.30. The van der Waals surface area contributed by atoms with E-state index in [1.54, 1.807) is 11.0 Å². The third-order valence-electron chi connectivity index (χ3n) is 6.84. The molecular weight excluding hydrogens is 428 g/mol. The molecule has 2 atom stereocenters. The number of benzene rings is 1. The third-order valence-corrected chi connectivity index (χ3v) is 6.84. The second-order valence-corrected chi connectivity index (χ2v) is 9.26. The van der Waals surface area contributed by atoms with Gasteiger partial charge in [0.2, 0.25) is 5.95 Å². The first-order valence-electron chi connectivity index (χ1n) is 11.4. The van der Waals surface area contributed by atoms with E-state index in [-0.39, 0.29) is 17.8 Å². The van der Waals surface area contributed by atoms with Gasteiger partial charge in [0, 0.05) is 37.0 Å². The van der Waals surface area contributed by atoms with Crippen LogP contribution >= 0.6 is 0 Å². The molecule has 1 N–H and O–H groups in total. The van der Waals surface area contributed by atoms with Crippen LogP contribution in [0.2, 0.25) is 0 Å². The number of rotatable bonds is 6. The molecule has 10 heteroatoms. The van der Waals surface area contributed by atoms with Crippen molar-refractivity contribution in [3.63, 3.8) is 0 Å². The fourth-order valence-corrected chi connectivity index (χ4v) is 5.05. The maximum Gasteiger partial charge on any atom is 0.322 e. The van der Waals surface area contributed by atoms with E-state index < -0.39 is 11.6 Å². The molecule has 2 bridgehead atoms. The summed E-state index contributed by atoms with van der Waals surface area (Å²) in [7, 11) is 0. The second-order valence-electron chi connectivity index (χ2n) is 9.26. The molecular formula is C23H25F2N7O. The number of anilines is 2. The smallest absolute Gasteiger partial charge is 0.322 e. The summed E-state index contributed by atoms with van der Waals surface area (Å²) >= 11 is 0. The van der Waals surface area contributed by atoms with E-state index in [1.807, 2.05) is 13.0 Å². The van der Waals surface area contributed by atoms with Crippen LogP contribution in [0.3, 0.4) is 0 Å². The Balaban J connectivity index is 1.19. The van der Waals surface area contributed by atoms with Crippen molar-refractivity contribution >= 4 is 11.8 Å². The Kier molecular flexibility index (Phi) is 4.88. The van der Waals surface area contributed by atoms with Crippen LogP contribution < -0.4 is 15.0 Å². The van der Waals surface area contributed by atoms with E-state index in [2.05, 4.69) is 30.3 Å². The highest BCUT2D eigenvalue weighted by Crippen LogP contribution is 2.41. The molecule has 3 aliphatic rings. The number of fused-ring (bicyclic) bond motifs is 2. The van der Waals surface area contributed by atoms with E-state index >= 15 is 0 Å². The van der Waals surface area contributed by atoms with Crippen molar-refractivity contribution in [1.29, 1.82) is 0 Å². The van der Waals surface area contributed by atoms with Gasteiger partial charge in [-0.05, 0) is 56.6 Å². The SMILES string of the molecule is Cc1cc(N2CC3CCC(C2)C3Nc2nc(Oc3ccc(F)c(F)c3)n(C3CC3)n2)ncn1. The maximum absolute atomic E-state index is 13.6. The van der Waals surface area contributed by atoms with Crippen molar-refractivity contribution < 1.29 is 13.5 Å². The topological polar surface area (TPSA) is 81.0 Å². The lowest BCUT2D eigenvalue weighted by molar-refractivity contribution is 0.374. The molecule has 1 aromatic carbocycles. The molecule has 2 unspecified atom stereocenters. The van der Waals surface area contributed by atoms with Crippen LogP contribution in [0.15, 0.2) is 30.6 Å². The lowest BCUT2D eigenvalue weighted by Gasteiger charge is -2.38. The van der Waals surface area contributed by atoms with E-state index in [0.717, 1.165) is 62.4 Å². The standard InChI is InChI=1S/C23H25F2N7O/c1-13-8-20(27-12-26-13)31-10-14-2-3-15(11-31)21(14)28-22-29-23(32(30-22)16-4-5-16)33-17-6-7-18(24)19(25)9-17/h6-9,12,14-16,21H,2-5,10-11H2,1H3,(H,28,30). The zero-order valence-corrected chi connectivity index (χ0v) is 18.3. The Hall–Kier alpha value is -3.30. The van der Waals surface area contributed by atoms with Crippen LogP contribution in [0.5, 0.6) is 11.8 Å². The molecule has 2 aromatic heterocycles. The summed E-state index contributed by atoms with van der Waals surface area (Å²) in [5, 5.41) is 8.21. The van der Waals surface area contributed by atoms with Crippen LogP contribution in [0.25, 0.3) is 0 Å². The molecule has 1 aliphatic heterocycles. The second kappa shape index (κ2) is 7.93. The number of piperidine rings is 1. The van der Waals surface area contributed by atoms with E-state index in [9.17, 15) is 8.78 Å². The van der Waals surface area contributed by atoms with Gasteiger partial charge in [0.15, 0.2) is 11.6 Å². The van der Waals surface area contributed by atoms with Crippen LogP contribution in [0.4, 0.5) is 20.5 Å². The van der Waals surface area contributed by atoms with Crippen LogP contribution in [0, 0.1) is 30.4 Å². The van der Waals surface area contributed by atoms with E-state index in [1.165, 1.54) is 6.07 Å². The number of ether oxygens (including phenoxy) is 1. The average molecular weight is 453 g/mol. The Morgan fingerprint density at radius 1 is 1.00 bits per heavy atom. The summed E-state index contributed by atoms with van der Waals surface area (Å²) in [4.78, 5) is 15.6. The van der Waals surface area contributed by atoms with Gasteiger partial charge in [0.1, 0.15) is 17.9 Å². The quantitative estimate of drug-likeness (QED) is 0.602. The fraction of sp³-hybridized carbons (Fsp3) is 0.478. The molecule has 172 valence electrons. The normalized spacial score (nSPS) is 24.2. The van der Waals surface area contributed by atoms with Gasteiger partial charge < -0.3 is 15.0 Å². The van der Waals surface area contributed by atoms with Crippen LogP contribution in [0.1, 0.15) is 37.4 Å². The Morgan fingerprint density at radius 3 is 2.48 bits per heavy atom. The highest BCUT2D eigenvalue weighted by molar-refractivity contribution is 5.42. The van der Waals surface area contributed by atoms with Gasteiger partial charge >= 0.3 is 6.01 Å². The predicted octanol–water partition coefficient (Wildman–Crippen LogP) is 4.11. The molecule has 0 spiro atoms. The summed E-state index contributed by atoms with van der Waals surface area (Å²) in [6.45, 7) is 3.83. The van der Waals surface area contributed by atoms with Gasteiger partial charge in [0.25, 0.3) is 0 Å². The number of halogens is 2. The Bertz CT molecular complexity index is 1170. The molecule has 1 saturated heterocycles. The number of hydrogen-bond acceptors (Lipinski definition) is 7. The molecule has 3 aromatic rings. The van der Waals surface area contributed by atoms with Crippen molar-refractivity contribution in [3.8, 4) is 11.8 Å². The van der Waals surface area contributed by atoms with Gasteiger partial charge in [0.05, 0.1) is 6.04 Å².